The third-order valence-corrected chi connectivity index (χ3v) is 17.9. The fourth-order valence-corrected chi connectivity index (χ4v) is 12.3. The summed E-state index contributed by atoms with van der Waals surface area (Å²) in [6.45, 7) is 35.0. The number of fused-ring (bicyclic) bond motifs is 6. The molecule has 1 aromatic heterocycles. The number of nitrogens with zero attached hydrogens (tertiary/aromatic N) is 1. The number of aliphatic hydroxyl groups excluding tert-OH is 2. The average Bonchev–Trinajstić information content (AvgIpc) is 3.15. The summed E-state index contributed by atoms with van der Waals surface area (Å²) in [5.74, 6) is 2.97. The average molecular weight is 1100 g/mol. The molecule has 1 heterocycles. The highest BCUT2D eigenvalue weighted by atomic mass is 16.3. The molecule has 2 atom stereocenters. The van der Waals surface area contributed by atoms with Crippen molar-refractivity contribution in [3.8, 4) is 0 Å². The summed E-state index contributed by atoms with van der Waals surface area (Å²) in [7, 11) is 0. The number of hydrogen-bond acceptors (Lipinski definition) is 5. The molecule has 0 radical (unpaired) electrons. The van der Waals surface area contributed by atoms with Gasteiger partial charge >= 0.3 is 0 Å². The summed E-state index contributed by atoms with van der Waals surface area (Å²) in [6.07, 6.45) is 46.8. The van der Waals surface area contributed by atoms with Crippen LogP contribution in [0, 0.1) is 22.7 Å². The number of anilines is 2. The van der Waals surface area contributed by atoms with Crippen LogP contribution < -0.4 is 10.2 Å². The van der Waals surface area contributed by atoms with E-state index in [1.807, 2.05) is 57.2 Å². The number of benzene rings is 3. The lowest BCUT2D eigenvalue weighted by Crippen LogP contribution is -2.28. The van der Waals surface area contributed by atoms with Crippen LogP contribution in [0.4, 0.5) is 11.4 Å². The van der Waals surface area contributed by atoms with Gasteiger partial charge in [0.1, 0.15) is 17.6 Å². The highest BCUT2D eigenvalue weighted by molar-refractivity contribution is 6.17. The summed E-state index contributed by atoms with van der Waals surface area (Å²) in [4.78, 5) is 2.31. The molecule has 2 unspecified atom stereocenters. The molecule has 2 fully saturated rings. The van der Waals surface area contributed by atoms with Gasteiger partial charge in [-0.3, -0.25) is 5.32 Å². The van der Waals surface area contributed by atoms with E-state index in [-0.39, 0.29) is 10.8 Å². The Morgan fingerprint density at radius 3 is 2.13 bits per heavy atom. The molecule has 432 valence electrons. The van der Waals surface area contributed by atoms with Crippen molar-refractivity contribution in [2.24, 2.45) is 22.7 Å². The van der Waals surface area contributed by atoms with E-state index in [1.54, 1.807) is 6.08 Å². The molecule has 82 heavy (non-hydrogen) atoms. The Morgan fingerprint density at radius 1 is 0.768 bits per heavy atom. The molecule has 0 saturated heterocycles. The fraction of sp³-hybridized carbons (Fsp3) is 0.403. The highest BCUT2D eigenvalue weighted by Gasteiger charge is 2.34. The maximum atomic E-state index is 11.1. The predicted octanol–water partition coefficient (Wildman–Crippen LogP) is 21.5. The van der Waals surface area contributed by atoms with Crippen molar-refractivity contribution in [2.75, 3.05) is 11.4 Å². The molecule has 4 aromatic rings. The summed E-state index contributed by atoms with van der Waals surface area (Å²) < 4.78 is 7.25. The lowest BCUT2D eigenvalue weighted by atomic mass is 9.73. The maximum absolute atomic E-state index is 11.1. The standard InChI is InChI=1S/C77H96N2O3/c1-53(27-23-31-57(5)76(7,8)9)56(4)30-26-42-73(81)78-50-49-62(60-35-17-14-18-36-60)43-44-63-51-70-74(67-39-21-19-37-65(63)67)75-68-40-22-20-38-66(68)69(52-71(75)82-70)79(64-47-45-61(46-48-64)59-33-15-13-16-34-59)58(6)32-24-28-54(2)55(3)29-25-41-72(80)77(10,11)12/h19-20,22-32,37-38,40-41,45-49,52,59-60,63,73,78,80-81H,1,3-4,6,13-18,21,33-36,39,42-44,50-51H2,2,5,7-12H3/b27-23-,29-25-,30-26-,32-24-,54-28+,57-31+,62-49+,72-41-. The first-order valence-corrected chi connectivity index (χ1v) is 30.9. The number of rotatable bonds is 22. The smallest absolute Gasteiger partial charge is 0.137 e. The van der Waals surface area contributed by atoms with Crippen molar-refractivity contribution in [1.82, 2.24) is 5.32 Å². The molecule has 2 saturated carbocycles. The van der Waals surface area contributed by atoms with E-state index in [9.17, 15) is 10.2 Å². The molecule has 5 nitrogen and oxygen atoms in total. The van der Waals surface area contributed by atoms with E-state index in [1.165, 1.54) is 108 Å². The second-order valence-electron chi connectivity index (χ2n) is 25.9. The van der Waals surface area contributed by atoms with Crippen LogP contribution in [0.15, 0.2) is 221 Å². The first kappa shape index (κ1) is 61.4. The van der Waals surface area contributed by atoms with E-state index in [4.69, 9.17) is 11.0 Å². The van der Waals surface area contributed by atoms with E-state index in [2.05, 4.69) is 162 Å². The van der Waals surface area contributed by atoms with Crippen molar-refractivity contribution in [3.05, 3.63) is 233 Å². The minimum absolute atomic E-state index is 0.128. The van der Waals surface area contributed by atoms with Crippen molar-refractivity contribution >= 4 is 38.7 Å². The van der Waals surface area contributed by atoms with Gasteiger partial charge in [0.25, 0.3) is 0 Å². The molecule has 4 aliphatic carbocycles. The lowest BCUT2D eigenvalue weighted by molar-refractivity contribution is 0.145. The van der Waals surface area contributed by atoms with Crippen LogP contribution in [0.2, 0.25) is 0 Å². The van der Waals surface area contributed by atoms with Crippen LogP contribution in [0.5, 0.6) is 0 Å². The van der Waals surface area contributed by atoms with Crippen molar-refractivity contribution < 1.29 is 14.6 Å². The molecule has 3 N–H and O–H groups in total. The second kappa shape index (κ2) is 28.1. The van der Waals surface area contributed by atoms with Crippen LogP contribution in [0.25, 0.3) is 27.3 Å². The Balaban J connectivity index is 1.05. The van der Waals surface area contributed by atoms with Crippen LogP contribution in [-0.4, -0.2) is 23.0 Å². The third kappa shape index (κ3) is 15.7. The maximum Gasteiger partial charge on any atom is 0.137 e. The van der Waals surface area contributed by atoms with Crippen LogP contribution in [0.1, 0.15) is 175 Å². The molecule has 0 spiro atoms. The molecule has 0 amide bonds. The van der Waals surface area contributed by atoms with Gasteiger partial charge in [0.2, 0.25) is 0 Å². The molecule has 3 aromatic carbocycles. The van der Waals surface area contributed by atoms with Gasteiger partial charge in [-0.05, 0) is 157 Å². The zero-order valence-electron chi connectivity index (χ0n) is 51.2. The van der Waals surface area contributed by atoms with Crippen molar-refractivity contribution in [1.29, 1.82) is 0 Å². The molecular weight excluding hydrogens is 1000 g/mol. The minimum Gasteiger partial charge on any atom is -0.512 e. The Labute approximate surface area is 493 Å². The largest absolute Gasteiger partial charge is 0.512 e. The molecular formula is C77H96N2O3. The van der Waals surface area contributed by atoms with Gasteiger partial charge in [0.05, 0.1) is 11.4 Å². The summed E-state index contributed by atoms with van der Waals surface area (Å²) >= 11 is 0. The van der Waals surface area contributed by atoms with Crippen molar-refractivity contribution in [2.45, 2.75) is 170 Å². The first-order chi connectivity index (χ1) is 39.3. The summed E-state index contributed by atoms with van der Waals surface area (Å²) in [5.41, 5.74) is 15.8. The fourth-order valence-electron chi connectivity index (χ4n) is 12.3. The molecule has 4 aliphatic rings. The normalized spacial score (nSPS) is 18.9. The lowest BCUT2D eigenvalue weighted by Gasteiger charge is -2.31. The number of furan rings is 1. The van der Waals surface area contributed by atoms with Gasteiger partial charge in [-0.15, -0.1) is 0 Å². The second-order valence-corrected chi connectivity index (χ2v) is 25.9. The Hall–Kier alpha value is -6.66. The van der Waals surface area contributed by atoms with E-state index < -0.39 is 6.23 Å². The van der Waals surface area contributed by atoms with Gasteiger partial charge < -0.3 is 19.5 Å². The Bertz CT molecular complexity index is 3280. The van der Waals surface area contributed by atoms with E-state index >= 15 is 0 Å². The topological polar surface area (TPSA) is 68.9 Å². The Morgan fingerprint density at radius 2 is 1.43 bits per heavy atom. The van der Waals surface area contributed by atoms with Gasteiger partial charge in [-0.25, -0.2) is 0 Å². The number of allylic oxidation sites excluding steroid dienone is 21. The highest BCUT2D eigenvalue weighted by Crippen LogP contribution is 2.51. The van der Waals surface area contributed by atoms with Crippen molar-refractivity contribution in [3.63, 3.8) is 0 Å². The molecule has 8 rings (SSSR count). The Kier molecular flexibility index (Phi) is 21.0. The van der Waals surface area contributed by atoms with Gasteiger partial charge in [0, 0.05) is 58.6 Å². The molecule has 0 aliphatic heterocycles. The van der Waals surface area contributed by atoms with E-state index in [0.29, 0.717) is 36.5 Å². The van der Waals surface area contributed by atoms with Crippen LogP contribution in [0.3, 0.4) is 0 Å². The molecule has 5 heteroatoms. The minimum atomic E-state index is -0.659. The van der Waals surface area contributed by atoms with Crippen LogP contribution >= 0.6 is 0 Å². The zero-order valence-corrected chi connectivity index (χ0v) is 51.2. The number of hydrogen-bond donors (Lipinski definition) is 3. The van der Waals surface area contributed by atoms with Gasteiger partial charge in [0.15, 0.2) is 0 Å². The number of aliphatic hydroxyl groups is 2. The van der Waals surface area contributed by atoms with Crippen LogP contribution in [-0.2, 0) is 6.42 Å². The first-order valence-electron chi connectivity index (χ1n) is 30.9. The third-order valence-electron chi connectivity index (χ3n) is 17.9. The summed E-state index contributed by atoms with van der Waals surface area (Å²) in [5, 5.41) is 28.5. The zero-order chi connectivity index (χ0) is 58.6. The monoisotopic (exact) mass is 1100 g/mol. The quantitative estimate of drug-likeness (QED) is 0.0317. The van der Waals surface area contributed by atoms with Gasteiger partial charge in [-0.1, -0.05) is 227 Å². The predicted molar refractivity (Wildman–Crippen MR) is 353 cm³/mol. The van der Waals surface area contributed by atoms with Gasteiger partial charge in [-0.2, -0.15) is 0 Å². The summed E-state index contributed by atoms with van der Waals surface area (Å²) in [6, 6.07) is 20.4. The number of nitrogens with one attached hydrogen (secondary N) is 1. The SMILES string of the molecule is C=C(/C=C\C=C(/C)C(C)(C)C)C(=C)/C=C\CC(O)NC/C=C(\CCC1Cc2oc3cc(N(C(=C)/C=C\C=C(/C)C(=C)/C=C\C=C(/O)C(C)(C)C)c4ccc(C5CCCCC5)cc4)c4ccccc4c3c2C2=C1C=CCC2)C1CCCCC1. The molecule has 0 bridgehead atoms. The van der Waals surface area contributed by atoms with E-state index in [0.717, 1.165) is 88.2 Å².